The Morgan fingerprint density at radius 1 is 1.18 bits per heavy atom. The monoisotopic (exact) mass is 521 g/mol. The average Bonchev–Trinajstić information content (AvgIpc) is 3.47. The molecule has 6 rings (SSSR count). The second kappa shape index (κ2) is 10.3. The zero-order chi connectivity index (χ0) is 27.1. The van der Waals surface area contributed by atoms with E-state index in [4.69, 9.17) is 9.97 Å². The average molecular weight is 522 g/mol. The summed E-state index contributed by atoms with van der Waals surface area (Å²) in [5.74, 6) is 1.58. The Kier molecular flexibility index (Phi) is 6.64. The summed E-state index contributed by atoms with van der Waals surface area (Å²) >= 11 is 0. The van der Waals surface area contributed by atoms with E-state index in [2.05, 4.69) is 73.0 Å². The molecule has 0 amide bonds. The molecule has 1 aliphatic carbocycles. The van der Waals surface area contributed by atoms with Crippen molar-refractivity contribution < 1.29 is 0 Å². The van der Waals surface area contributed by atoms with Gasteiger partial charge in [-0.05, 0) is 80.1 Å². The van der Waals surface area contributed by atoms with Crippen molar-refractivity contribution in [2.75, 3.05) is 25.5 Å². The van der Waals surface area contributed by atoms with Crippen LogP contribution in [0.25, 0.3) is 22.4 Å². The third-order valence-corrected chi connectivity index (χ3v) is 8.07. The van der Waals surface area contributed by atoms with E-state index >= 15 is 0 Å². The zero-order valence-electron chi connectivity index (χ0n) is 22.9. The van der Waals surface area contributed by atoms with Crippen molar-refractivity contribution in [2.24, 2.45) is 0 Å². The molecule has 1 N–H and O–H groups in total. The largest absolute Gasteiger partial charge is 0.324 e. The van der Waals surface area contributed by atoms with Crippen molar-refractivity contribution >= 4 is 28.2 Å². The molecule has 0 bridgehead atoms. The van der Waals surface area contributed by atoms with E-state index in [-0.39, 0.29) is 5.56 Å². The topological polar surface area (TPSA) is 80.9 Å². The Morgan fingerprint density at radius 2 is 2.05 bits per heavy atom. The molecule has 8 heteroatoms. The predicted molar refractivity (Wildman–Crippen MR) is 157 cm³/mol. The lowest BCUT2D eigenvalue weighted by Gasteiger charge is -2.23. The molecule has 1 unspecified atom stereocenters. The van der Waals surface area contributed by atoms with Crippen LogP contribution in [0.5, 0.6) is 0 Å². The number of allylic oxidation sites excluding steroid dienone is 1. The first-order valence-corrected chi connectivity index (χ1v) is 13.8. The van der Waals surface area contributed by atoms with Gasteiger partial charge in [0, 0.05) is 36.6 Å². The summed E-state index contributed by atoms with van der Waals surface area (Å²) in [6.07, 6.45) is 9.92. The highest BCUT2D eigenvalue weighted by molar-refractivity contribution is 5.77. The molecule has 3 aromatic heterocycles. The van der Waals surface area contributed by atoms with Crippen molar-refractivity contribution in [3.63, 3.8) is 0 Å². The highest BCUT2D eigenvalue weighted by Crippen LogP contribution is 2.34. The van der Waals surface area contributed by atoms with Crippen LogP contribution in [0.4, 0.5) is 11.6 Å². The molecule has 2 aliphatic rings. The number of fused-ring (bicyclic) bond motifs is 2. The number of nitrogens with zero attached hydrogens (tertiary/aromatic N) is 6. The van der Waals surface area contributed by atoms with Crippen LogP contribution in [0.1, 0.15) is 54.5 Å². The molecule has 8 nitrogen and oxygen atoms in total. The lowest BCUT2D eigenvalue weighted by molar-refractivity contribution is 0.370. The van der Waals surface area contributed by atoms with Crippen molar-refractivity contribution in [3.05, 3.63) is 88.0 Å². The molecule has 4 heterocycles. The molecule has 4 aromatic rings. The van der Waals surface area contributed by atoms with Gasteiger partial charge in [0.1, 0.15) is 5.39 Å². The van der Waals surface area contributed by atoms with E-state index in [9.17, 15) is 4.79 Å². The van der Waals surface area contributed by atoms with Gasteiger partial charge in [-0.15, -0.1) is 6.58 Å². The molecule has 0 fully saturated rings. The second-order valence-electron chi connectivity index (χ2n) is 10.7. The van der Waals surface area contributed by atoms with Gasteiger partial charge < -0.3 is 10.2 Å². The highest BCUT2D eigenvalue weighted by atomic mass is 16.1. The summed E-state index contributed by atoms with van der Waals surface area (Å²) < 4.78 is 3.45. The third kappa shape index (κ3) is 4.59. The first kappa shape index (κ1) is 25.2. The van der Waals surface area contributed by atoms with Gasteiger partial charge in [-0.1, -0.05) is 31.2 Å². The third-order valence-electron chi connectivity index (χ3n) is 8.07. The van der Waals surface area contributed by atoms with Gasteiger partial charge >= 0.3 is 0 Å². The van der Waals surface area contributed by atoms with Crippen LogP contribution in [0, 0.1) is 6.92 Å². The highest BCUT2D eigenvalue weighted by Gasteiger charge is 2.25. The van der Waals surface area contributed by atoms with Gasteiger partial charge in [0.05, 0.1) is 6.54 Å². The fourth-order valence-corrected chi connectivity index (χ4v) is 5.89. The number of hydrogen-bond donors (Lipinski definition) is 1. The van der Waals surface area contributed by atoms with Gasteiger partial charge in [-0.25, -0.2) is 19.3 Å². The molecule has 0 saturated carbocycles. The molecule has 1 aliphatic heterocycles. The van der Waals surface area contributed by atoms with Crippen LogP contribution >= 0.6 is 0 Å². The van der Waals surface area contributed by atoms with Gasteiger partial charge in [-0.2, -0.15) is 4.98 Å². The van der Waals surface area contributed by atoms with Crippen LogP contribution in [-0.4, -0.2) is 49.4 Å². The number of rotatable bonds is 7. The number of aryl methyl sites for hydroxylation is 2. The number of pyridine rings is 1. The summed E-state index contributed by atoms with van der Waals surface area (Å²) in [7, 11) is 2.15. The molecular formula is C31H35N7O. The minimum absolute atomic E-state index is 0.155. The van der Waals surface area contributed by atoms with E-state index in [1.807, 2.05) is 10.7 Å². The molecule has 1 atom stereocenters. The summed E-state index contributed by atoms with van der Waals surface area (Å²) in [6.45, 7) is 10.6. The Morgan fingerprint density at radius 3 is 2.79 bits per heavy atom. The molecule has 1 aromatic carbocycles. The summed E-state index contributed by atoms with van der Waals surface area (Å²) in [5, 5.41) is 3.81. The lowest BCUT2D eigenvalue weighted by Crippen LogP contribution is -2.23. The summed E-state index contributed by atoms with van der Waals surface area (Å²) in [6, 6.07) is 10.5. The number of likely N-dealkylation sites (N-methyl/N-ethyl adjacent to an activating group) is 1. The first-order chi connectivity index (χ1) is 19.0. The standard InChI is InChI=1S/C31H35N7O/c1-5-15-37-30(39)26-19-32-31(33-24-10-11-25(20(3)18-24)22-13-16-36(4)17-14-22)35-29(26)38(37)27-12-9-23-8-7-21(6-2)28(23)34-27/h5,9-13,18-19,21H,1,6-8,14-17H2,2-4H3,(H,32,33,35). The minimum Gasteiger partial charge on any atom is -0.324 e. The van der Waals surface area contributed by atoms with Crippen molar-refractivity contribution in [2.45, 2.75) is 52.0 Å². The van der Waals surface area contributed by atoms with Crippen LogP contribution < -0.4 is 10.9 Å². The molecule has 39 heavy (non-hydrogen) atoms. The fourth-order valence-electron chi connectivity index (χ4n) is 5.89. The number of anilines is 2. The summed E-state index contributed by atoms with van der Waals surface area (Å²) in [4.78, 5) is 30.0. The van der Waals surface area contributed by atoms with Crippen molar-refractivity contribution in [3.8, 4) is 5.82 Å². The molecule has 0 saturated heterocycles. The fraction of sp³-hybridized carbons (Fsp3) is 0.355. The van der Waals surface area contributed by atoms with Gasteiger partial charge in [0.25, 0.3) is 5.56 Å². The molecular weight excluding hydrogens is 486 g/mol. The Balaban J connectivity index is 1.38. The maximum atomic E-state index is 13.3. The molecule has 0 spiro atoms. The quantitative estimate of drug-likeness (QED) is 0.329. The Hall–Kier alpha value is -4.04. The van der Waals surface area contributed by atoms with Crippen LogP contribution in [0.2, 0.25) is 0 Å². The van der Waals surface area contributed by atoms with Crippen LogP contribution in [0.3, 0.4) is 0 Å². The maximum Gasteiger partial charge on any atom is 0.278 e. The number of aromatic nitrogens is 5. The maximum absolute atomic E-state index is 13.3. The van der Waals surface area contributed by atoms with Crippen LogP contribution in [-0.2, 0) is 13.0 Å². The van der Waals surface area contributed by atoms with E-state index in [1.165, 1.54) is 22.3 Å². The lowest BCUT2D eigenvalue weighted by atomic mass is 9.95. The Labute approximate surface area is 228 Å². The predicted octanol–water partition coefficient (Wildman–Crippen LogP) is 5.37. The molecule has 0 radical (unpaired) electrons. The summed E-state index contributed by atoms with van der Waals surface area (Å²) in [5.41, 5.74) is 7.61. The first-order valence-electron chi connectivity index (χ1n) is 13.8. The van der Waals surface area contributed by atoms with Gasteiger partial charge in [0.2, 0.25) is 5.95 Å². The minimum atomic E-state index is -0.155. The van der Waals surface area contributed by atoms with Gasteiger partial charge in [0.15, 0.2) is 11.5 Å². The van der Waals surface area contributed by atoms with Gasteiger partial charge in [-0.3, -0.25) is 4.79 Å². The Bertz CT molecular complexity index is 1660. The second-order valence-corrected chi connectivity index (χ2v) is 10.7. The SMILES string of the molecule is C=CCn1c(=O)c2cnc(Nc3ccc(C4=CCN(C)CC4)c(C)c3)nc2n1-c1ccc2c(n1)C(CC)CC2. The van der Waals surface area contributed by atoms with Crippen molar-refractivity contribution in [1.82, 2.24) is 29.2 Å². The van der Waals surface area contributed by atoms with E-state index in [0.717, 1.165) is 50.2 Å². The van der Waals surface area contributed by atoms with Crippen molar-refractivity contribution in [1.29, 1.82) is 0 Å². The van der Waals surface area contributed by atoms with E-state index in [0.29, 0.717) is 35.3 Å². The van der Waals surface area contributed by atoms with E-state index < -0.39 is 0 Å². The zero-order valence-corrected chi connectivity index (χ0v) is 22.9. The van der Waals surface area contributed by atoms with E-state index in [1.54, 1.807) is 17.0 Å². The van der Waals surface area contributed by atoms with Crippen LogP contribution in [0.15, 0.2) is 60.1 Å². The smallest absolute Gasteiger partial charge is 0.278 e. The number of nitrogens with one attached hydrogen (secondary N) is 1. The molecule has 200 valence electrons. The number of benzene rings is 1. The normalized spacial score (nSPS) is 17.3. The number of hydrogen-bond acceptors (Lipinski definition) is 6.